The highest BCUT2D eigenvalue weighted by Crippen LogP contribution is 2.22. The van der Waals surface area contributed by atoms with Gasteiger partial charge in [-0.2, -0.15) is 0 Å². The Morgan fingerprint density at radius 2 is 1.84 bits per heavy atom. The van der Waals surface area contributed by atoms with Crippen LogP contribution in [0, 0.1) is 19.7 Å². The largest absolute Gasteiger partial charge is 0.490 e. The Morgan fingerprint density at radius 3 is 2.53 bits per heavy atom. The lowest BCUT2D eigenvalue weighted by Crippen LogP contribution is -2.11. The first-order chi connectivity index (χ1) is 9.08. The molecule has 0 aliphatic rings. The fourth-order valence-corrected chi connectivity index (χ4v) is 1.99. The van der Waals surface area contributed by atoms with E-state index in [1.807, 2.05) is 31.2 Å². The summed E-state index contributed by atoms with van der Waals surface area (Å²) in [7, 11) is 0. The van der Waals surface area contributed by atoms with Crippen LogP contribution in [0.4, 0.5) is 4.39 Å². The fraction of sp³-hybridized carbons (Fsp3) is 0.250. The molecule has 19 heavy (non-hydrogen) atoms. The molecular weight excluding hydrogens is 243 g/mol. The van der Waals surface area contributed by atoms with Crippen molar-refractivity contribution in [1.29, 1.82) is 0 Å². The third-order valence-electron chi connectivity index (χ3n) is 3.08. The zero-order valence-corrected chi connectivity index (χ0v) is 11.1. The zero-order valence-electron chi connectivity index (χ0n) is 11.1. The summed E-state index contributed by atoms with van der Waals surface area (Å²) >= 11 is 0. The molecule has 1 unspecified atom stereocenters. The van der Waals surface area contributed by atoms with E-state index >= 15 is 0 Å². The van der Waals surface area contributed by atoms with Gasteiger partial charge in [-0.25, -0.2) is 4.39 Å². The summed E-state index contributed by atoms with van der Waals surface area (Å²) in [5.41, 5.74) is 2.59. The number of rotatable bonds is 4. The molecule has 1 N–H and O–H groups in total. The van der Waals surface area contributed by atoms with Gasteiger partial charge >= 0.3 is 0 Å². The van der Waals surface area contributed by atoms with Crippen molar-refractivity contribution in [3.63, 3.8) is 0 Å². The Bertz CT molecular complexity index is 566. The smallest absolute Gasteiger partial charge is 0.123 e. The molecule has 2 nitrogen and oxygen atoms in total. The highest BCUT2D eigenvalue weighted by Gasteiger charge is 2.11. The quantitative estimate of drug-likeness (QED) is 0.910. The van der Waals surface area contributed by atoms with E-state index in [-0.39, 0.29) is 12.4 Å². The highest BCUT2D eigenvalue weighted by atomic mass is 19.1. The second-order valence-corrected chi connectivity index (χ2v) is 4.59. The predicted octanol–water partition coefficient (Wildman–Crippen LogP) is 3.55. The zero-order chi connectivity index (χ0) is 13.8. The van der Waals surface area contributed by atoms with E-state index in [0.29, 0.717) is 5.75 Å². The topological polar surface area (TPSA) is 29.5 Å². The van der Waals surface area contributed by atoms with Crippen LogP contribution < -0.4 is 4.74 Å². The molecule has 0 aliphatic carbocycles. The molecule has 3 heteroatoms. The minimum absolute atomic E-state index is 0.150. The van der Waals surface area contributed by atoms with Crippen LogP contribution in [0.15, 0.2) is 42.5 Å². The van der Waals surface area contributed by atoms with Gasteiger partial charge in [0.05, 0.1) is 0 Å². The number of aliphatic hydroxyl groups excluding tert-OH is 1. The molecule has 0 fully saturated rings. The molecule has 0 heterocycles. The van der Waals surface area contributed by atoms with E-state index in [4.69, 9.17) is 4.74 Å². The first kappa shape index (κ1) is 13.6. The average molecular weight is 260 g/mol. The second kappa shape index (κ2) is 5.85. The Hall–Kier alpha value is -1.87. The van der Waals surface area contributed by atoms with Crippen molar-refractivity contribution in [2.24, 2.45) is 0 Å². The van der Waals surface area contributed by atoms with Crippen LogP contribution in [0.3, 0.4) is 0 Å². The Kier molecular flexibility index (Phi) is 4.17. The Balaban J connectivity index is 2.04. The van der Waals surface area contributed by atoms with E-state index in [1.165, 1.54) is 12.1 Å². The molecule has 0 bridgehead atoms. The lowest BCUT2D eigenvalue weighted by atomic mass is 10.0. The lowest BCUT2D eigenvalue weighted by Gasteiger charge is -2.15. The van der Waals surface area contributed by atoms with Crippen molar-refractivity contribution in [2.45, 2.75) is 20.0 Å². The van der Waals surface area contributed by atoms with Crippen LogP contribution in [0.2, 0.25) is 0 Å². The number of aryl methyl sites for hydroxylation is 2. The summed E-state index contributed by atoms with van der Waals surface area (Å²) in [6, 6.07) is 12.0. The number of hydrogen-bond acceptors (Lipinski definition) is 2. The van der Waals surface area contributed by atoms with Crippen molar-refractivity contribution in [1.82, 2.24) is 0 Å². The monoisotopic (exact) mass is 260 g/mol. The van der Waals surface area contributed by atoms with Gasteiger partial charge in [-0.1, -0.05) is 24.3 Å². The summed E-state index contributed by atoms with van der Waals surface area (Å²) in [6.45, 7) is 3.87. The van der Waals surface area contributed by atoms with Gasteiger partial charge in [0.1, 0.15) is 24.3 Å². The molecule has 0 saturated heterocycles. The molecule has 0 radical (unpaired) electrons. The first-order valence-corrected chi connectivity index (χ1v) is 6.20. The van der Waals surface area contributed by atoms with E-state index in [1.54, 1.807) is 13.0 Å². The average Bonchev–Trinajstić information content (AvgIpc) is 2.38. The molecule has 100 valence electrons. The van der Waals surface area contributed by atoms with Crippen LogP contribution in [0.25, 0.3) is 0 Å². The van der Waals surface area contributed by atoms with E-state index < -0.39 is 6.10 Å². The number of ether oxygens (including phenoxy) is 1. The maximum absolute atomic E-state index is 13.0. The molecule has 0 amide bonds. The third kappa shape index (κ3) is 3.32. The number of benzene rings is 2. The summed E-state index contributed by atoms with van der Waals surface area (Å²) in [4.78, 5) is 0. The maximum atomic E-state index is 13.0. The maximum Gasteiger partial charge on any atom is 0.123 e. The minimum Gasteiger partial charge on any atom is -0.490 e. The van der Waals surface area contributed by atoms with Crippen molar-refractivity contribution in [2.75, 3.05) is 6.61 Å². The van der Waals surface area contributed by atoms with Gasteiger partial charge in [0.15, 0.2) is 0 Å². The molecule has 0 spiro atoms. The van der Waals surface area contributed by atoms with Gasteiger partial charge in [-0.3, -0.25) is 0 Å². The summed E-state index contributed by atoms with van der Waals surface area (Å²) < 4.78 is 18.5. The van der Waals surface area contributed by atoms with E-state index in [0.717, 1.165) is 16.7 Å². The Morgan fingerprint density at radius 1 is 1.11 bits per heavy atom. The van der Waals surface area contributed by atoms with Gasteiger partial charge in [0, 0.05) is 0 Å². The molecule has 2 aromatic rings. The molecule has 0 aliphatic heterocycles. The molecule has 2 rings (SSSR count). The summed E-state index contributed by atoms with van der Waals surface area (Å²) in [5.74, 6) is 0.304. The van der Waals surface area contributed by atoms with Crippen molar-refractivity contribution in [3.05, 3.63) is 65.0 Å². The van der Waals surface area contributed by atoms with Crippen LogP contribution >= 0.6 is 0 Å². The molecule has 2 aromatic carbocycles. The molecule has 0 saturated carbocycles. The normalized spacial score (nSPS) is 12.2. The first-order valence-electron chi connectivity index (χ1n) is 6.20. The molecule has 1 atom stereocenters. The van der Waals surface area contributed by atoms with Crippen LogP contribution in [-0.4, -0.2) is 11.7 Å². The fourth-order valence-electron chi connectivity index (χ4n) is 1.99. The van der Waals surface area contributed by atoms with Crippen molar-refractivity contribution < 1.29 is 14.2 Å². The number of hydrogen-bond donors (Lipinski definition) is 1. The highest BCUT2D eigenvalue weighted by molar-refractivity contribution is 5.33. The Labute approximate surface area is 112 Å². The van der Waals surface area contributed by atoms with Gasteiger partial charge in [-0.05, 0) is 48.7 Å². The van der Waals surface area contributed by atoms with Crippen LogP contribution in [0.1, 0.15) is 22.8 Å². The van der Waals surface area contributed by atoms with Gasteiger partial charge in [0.2, 0.25) is 0 Å². The van der Waals surface area contributed by atoms with Gasteiger partial charge < -0.3 is 9.84 Å². The summed E-state index contributed by atoms with van der Waals surface area (Å²) in [6.07, 6.45) is -0.689. The lowest BCUT2D eigenvalue weighted by molar-refractivity contribution is 0.107. The number of aliphatic hydroxyl groups is 1. The molecule has 0 aromatic heterocycles. The SMILES string of the molecule is Cc1cc(F)ccc1OCC(O)c1ccccc1C. The summed E-state index contributed by atoms with van der Waals surface area (Å²) in [5, 5.41) is 10.1. The third-order valence-corrected chi connectivity index (χ3v) is 3.08. The van der Waals surface area contributed by atoms with Gasteiger partial charge in [0.25, 0.3) is 0 Å². The van der Waals surface area contributed by atoms with Crippen molar-refractivity contribution >= 4 is 0 Å². The van der Waals surface area contributed by atoms with Crippen LogP contribution in [0.5, 0.6) is 5.75 Å². The molecular formula is C16H17FO2. The second-order valence-electron chi connectivity index (χ2n) is 4.59. The predicted molar refractivity (Wildman–Crippen MR) is 72.8 cm³/mol. The van der Waals surface area contributed by atoms with Crippen molar-refractivity contribution in [3.8, 4) is 5.75 Å². The van der Waals surface area contributed by atoms with Gasteiger partial charge in [-0.15, -0.1) is 0 Å². The standard InChI is InChI=1S/C16H17FO2/c1-11-5-3-4-6-14(11)15(18)10-19-16-8-7-13(17)9-12(16)2/h3-9,15,18H,10H2,1-2H3. The van der Waals surface area contributed by atoms with E-state index in [9.17, 15) is 9.50 Å². The van der Waals surface area contributed by atoms with E-state index in [2.05, 4.69) is 0 Å². The minimum atomic E-state index is -0.689. The van der Waals surface area contributed by atoms with Crippen LogP contribution in [-0.2, 0) is 0 Å². The number of halogens is 1.